The summed E-state index contributed by atoms with van der Waals surface area (Å²) in [5.74, 6) is 0.750. The number of pyridine rings is 1. The molecule has 1 N–H and O–H groups in total. The Labute approximate surface area is 151 Å². The first-order chi connectivity index (χ1) is 12.1. The average Bonchev–Trinajstić information content (AvgIpc) is 2.65. The molecule has 2 fully saturated rings. The highest BCUT2D eigenvalue weighted by atomic mass is 32.2. The van der Waals surface area contributed by atoms with Gasteiger partial charge in [0, 0.05) is 45.0 Å². The van der Waals surface area contributed by atoms with Gasteiger partial charge in [-0.2, -0.15) is 4.31 Å². The molecule has 25 heavy (non-hydrogen) atoms. The Balaban J connectivity index is 1.58. The second-order valence-electron chi connectivity index (χ2n) is 6.85. The van der Waals surface area contributed by atoms with Gasteiger partial charge in [0.05, 0.1) is 0 Å². The van der Waals surface area contributed by atoms with Gasteiger partial charge in [0.1, 0.15) is 10.7 Å². The molecule has 0 unspecified atom stereocenters. The lowest BCUT2D eigenvalue weighted by Crippen LogP contribution is -2.39. The average molecular weight is 365 g/mol. The molecule has 0 spiro atoms. The molecule has 1 aromatic heterocycles. The number of nitrogens with one attached hydrogen (secondary N) is 1. The molecule has 2 aliphatic rings. The van der Waals surface area contributed by atoms with Gasteiger partial charge in [-0.05, 0) is 37.8 Å². The van der Waals surface area contributed by atoms with Crippen LogP contribution in [0.1, 0.15) is 32.1 Å². The van der Waals surface area contributed by atoms with E-state index in [9.17, 15) is 8.42 Å². The number of anilines is 1. The van der Waals surface area contributed by atoms with Crippen molar-refractivity contribution in [3.05, 3.63) is 31.0 Å². The first-order valence-corrected chi connectivity index (χ1v) is 10.6. The van der Waals surface area contributed by atoms with Crippen molar-refractivity contribution in [3.63, 3.8) is 0 Å². The summed E-state index contributed by atoms with van der Waals surface area (Å²) in [6.45, 7) is 8.05. The molecule has 0 saturated carbocycles. The molecule has 3 rings (SSSR count). The molecule has 2 aliphatic heterocycles. The van der Waals surface area contributed by atoms with E-state index in [-0.39, 0.29) is 0 Å². The van der Waals surface area contributed by atoms with Gasteiger partial charge in [-0.3, -0.25) is 4.90 Å². The van der Waals surface area contributed by atoms with E-state index in [1.807, 2.05) is 6.08 Å². The van der Waals surface area contributed by atoms with Crippen LogP contribution in [0, 0.1) is 0 Å². The van der Waals surface area contributed by atoms with Gasteiger partial charge in [-0.15, -0.1) is 6.58 Å². The Morgan fingerprint density at radius 1 is 1.16 bits per heavy atom. The highest BCUT2D eigenvalue weighted by molar-refractivity contribution is 7.89. The Morgan fingerprint density at radius 2 is 1.88 bits per heavy atom. The molecule has 7 heteroatoms. The Bertz CT molecular complexity index is 661. The number of rotatable bonds is 6. The van der Waals surface area contributed by atoms with Crippen molar-refractivity contribution in [2.75, 3.05) is 38.0 Å². The van der Waals surface area contributed by atoms with Crippen LogP contribution < -0.4 is 5.32 Å². The van der Waals surface area contributed by atoms with Crippen LogP contribution in [0.15, 0.2) is 35.9 Å². The normalized spacial score (nSPS) is 21.1. The van der Waals surface area contributed by atoms with Crippen molar-refractivity contribution in [2.24, 2.45) is 0 Å². The summed E-state index contributed by atoms with van der Waals surface area (Å²) >= 11 is 0. The first kappa shape index (κ1) is 18.4. The quantitative estimate of drug-likeness (QED) is 0.785. The lowest BCUT2D eigenvalue weighted by atomic mass is 10.1. The molecular weight excluding hydrogens is 336 g/mol. The standard InChI is InChI=1S/C18H28N4O2S/c1-2-10-21-13-8-16(9-14-21)20-18-7-6-17(15-19-18)25(23,24)22-11-4-3-5-12-22/h2,6-7,15-16H,1,3-5,8-14H2,(H,19,20). The van der Waals surface area contributed by atoms with Gasteiger partial charge >= 0.3 is 0 Å². The monoisotopic (exact) mass is 364 g/mol. The van der Waals surface area contributed by atoms with Gasteiger partial charge < -0.3 is 5.32 Å². The number of sulfonamides is 1. The third-order valence-electron chi connectivity index (χ3n) is 5.02. The summed E-state index contributed by atoms with van der Waals surface area (Å²) in [6, 6.07) is 3.84. The molecule has 2 saturated heterocycles. The molecule has 3 heterocycles. The Hall–Kier alpha value is -1.44. The van der Waals surface area contributed by atoms with Crippen LogP contribution in [0.25, 0.3) is 0 Å². The number of likely N-dealkylation sites (tertiary alicyclic amines) is 1. The van der Waals surface area contributed by atoms with E-state index in [1.165, 1.54) is 6.20 Å². The second kappa shape index (κ2) is 8.29. The van der Waals surface area contributed by atoms with Crippen LogP contribution >= 0.6 is 0 Å². The zero-order valence-corrected chi connectivity index (χ0v) is 15.5. The number of nitrogens with zero attached hydrogens (tertiary/aromatic N) is 3. The lowest BCUT2D eigenvalue weighted by Gasteiger charge is -2.31. The van der Waals surface area contributed by atoms with Crippen molar-refractivity contribution in [1.82, 2.24) is 14.2 Å². The first-order valence-electron chi connectivity index (χ1n) is 9.15. The minimum atomic E-state index is -3.40. The third kappa shape index (κ3) is 4.59. The summed E-state index contributed by atoms with van der Waals surface area (Å²) in [4.78, 5) is 7.02. The molecule has 0 amide bonds. The van der Waals surface area contributed by atoms with Crippen LogP contribution in [0.5, 0.6) is 0 Å². The van der Waals surface area contributed by atoms with E-state index in [1.54, 1.807) is 16.4 Å². The summed E-state index contributed by atoms with van der Waals surface area (Å²) in [6.07, 6.45) is 8.54. The zero-order chi connectivity index (χ0) is 17.7. The molecular formula is C18H28N4O2S. The van der Waals surface area contributed by atoms with Crippen molar-refractivity contribution >= 4 is 15.8 Å². The summed E-state index contributed by atoms with van der Waals surface area (Å²) in [5, 5.41) is 3.43. The molecule has 0 aliphatic carbocycles. The topological polar surface area (TPSA) is 65.5 Å². The highest BCUT2D eigenvalue weighted by Crippen LogP contribution is 2.21. The minimum absolute atomic E-state index is 0.292. The SMILES string of the molecule is C=CCN1CCC(Nc2ccc(S(=O)(=O)N3CCCCC3)cn2)CC1. The maximum absolute atomic E-state index is 12.6. The van der Waals surface area contributed by atoms with Gasteiger partial charge in [0.15, 0.2) is 0 Å². The molecule has 1 aromatic rings. The summed E-state index contributed by atoms with van der Waals surface area (Å²) in [7, 11) is -3.40. The predicted molar refractivity (Wildman–Crippen MR) is 100 cm³/mol. The van der Waals surface area contributed by atoms with Crippen LogP contribution in [-0.4, -0.2) is 61.4 Å². The summed E-state index contributed by atoms with van der Waals surface area (Å²) < 4.78 is 26.9. The van der Waals surface area contributed by atoms with E-state index in [0.717, 1.165) is 57.6 Å². The third-order valence-corrected chi connectivity index (χ3v) is 6.90. The van der Waals surface area contributed by atoms with Crippen LogP contribution in [0.4, 0.5) is 5.82 Å². The van der Waals surface area contributed by atoms with Crippen molar-refractivity contribution in [3.8, 4) is 0 Å². The fourth-order valence-electron chi connectivity index (χ4n) is 3.52. The predicted octanol–water partition coefficient (Wildman–Crippen LogP) is 2.32. The van der Waals surface area contributed by atoms with Crippen molar-refractivity contribution < 1.29 is 8.42 Å². The fraction of sp³-hybridized carbons (Fsp3) is 0.611. The largest absolute Gasteiger partial charge is 0.367 e. The van der Waals surface area contributed by atoms with E-state index in [4.69, 9.17) is 0 Å². The van der Waals surface area contributed by atoms with E-state index < -0.39 is 10.0 Å². The molecule has 138 valence electrons. The Morgan fingerprint density at radius 3 is 2.48 bits per heavy atom. The smallest absolute Gasteiger partial charge is 0.244 e. The van der Waals surface area contributed by atoms with Gasteiger partial charge in [-0.25, -0.2) is 13.4 Å². The summed E-state index contributed by atoms with van der Waals surface area (Å²) in [5.41, 5.74) is 0. The number of hydrogen-bond donors (Lipinski definition) is 1. The van der Waals surface area contributed by atoms with Crippen LogP contribution in [0.2, 0.25) is 0 Å². The second-order valence-corrected chi connectivity index (χ2v) is 8.79. The van der Waals surface area contributed by atoms with Crippen molar-refractivity contribution in [1.29, 1.82) is 0 Å². The Kier molecular flexibility index (Phi) is 6.09. The molecule has 0 radical (unpaired) electrons. The van der Waals surface area contributed by atoms with Crippen LogP contribution in [-0.2, 0) is 10.0 Å². The maximum atomic E-state index is 12.6. The van der Waals surface area contributed by atoms with E-state index in [2.05, 4.69) is 21.8 Å². The van der Waals surface area contributed by atoms with Gasteiger partial charge in [0.2, 0.25) is 10.0 Å². The van der Waals surface area contributed by atoms with Gasteiger partial charge in [-0.1, -0.05) is 12.5 Å². The molecule has 0 aromatic carbocycles. The minimum Gasteiger partial charge on any atom is -0.367 e. The van der Waals surface area contributed by atoms with Crippen LogP contribution in [0.3, 0.4) is 0 Å². The van der Waals surface area contributed by atoms with E-state index >= 15 is 0 Å². The number of piperidine rings is 2. The van der Waals surface area contributed by atoms with E-state index in [0.29, 0.717) is 24.0 Å². The lowest BCUT2D eigenvalue weighted by molar-refractivity contribution is 0.240. The fourth-order valence-corrected chi connectivity index (χ4v) is 4.99. The highest BCUT2D eigenvalue weighted by Gasteiger charge is 2.26. The molecule has 6 nitrogen and oxygen atoms in total. The maximum Gasteiger partial charge on any atom is 0.244 e. The molecule has 0 bridgehead atoms. The van der Waals surface area contributed by atoms with Gasteiger partial charge in [0.25, 0.3) is 0 Å². The number of hydrogen-bond acceptors (Lipinski definition) is 5. The van der Waals surface area contributed by atoms with Crippen molar-refractivity contribution in [2.45, 2.75) is 43.0 Å². The zero-order valence-electron chi connectivity index (χ0n) is 14.7. The number of aromatic nitrogens is 1. The molecule has 0 atom stereocenters.